The first-order valence-corrected chi connectivity index (χ1v) is 10.6. The first-order chi connectivity index (χ1) is 15.5. The van der Waals surface area contributed by atoms with Crippen molar-refractivity contribution in [2.45, 2.75) is 25.3 Å². The Morgan fingerprint density at radius 3 is 2.59 bits per heavy atom. The number of nitriles is 1. The molecule has 1 atom stereocenters. The second-order valence-electron chi connectivity index (χ2n) is 7.26. The van der Waals surface area contributed by atoms with Gasteiger partial charge in [0, 0.05) is 23.7 Å². The first-order valence-electron chi connectivity index (χ1n) is 10.3. The fourth-order valence-corrected chi connectivity index (χ4v) is 3.60. The molecule has 0 aromatic heterocycles. The molecule has 1 aliphatic heterocycles. The van der Waals surface area contributed by atoms with Gasteiger partial charge in [0.15, 0.2) is 6.19 Å². The third kappa shape index (κ3) is 5.99. The smallest absolute Gasteiger partial charge is 0.223 e. The standard InChI is InChI=1S/C23H25ClN6O2/c1-32-19-11-9-18(10-12-19)29-23(28-15-25)27-14-20(30-13-3-2-4-21(30)31)22(26)16-5-7-17(24)8-6-16/h5-12,20,26H,2-4,13-14H2,1H3,(H2,27,28,29). The number of hydrogen-bond donors (Lipinski definition) is 3. The Kier molecular flexibility index (Phi) is 8.06. The van der Waals surface area contributed by atoms with E-state index < -0.39 is 6.04 Å². The number of rotatable bonds is 7. The normalized spacial score (nSPS) is 15.0. The molecular weight excluding hydrogens is 428 g/mol. The van der Waals surface area contributed by atoms with Crippen LogP contribution in [0.15, 0.2) is 53.5 Å². The largest absolute Gasteiger partial charge is 0.497 e. The Balaban J connectivity index is 1.84. The molecule has 0 aliphatic carbocycles. The fraction of sp³-hybridized carbons (Fsp3) is 0.304. The van der Waals surface area contributed by atoms with Gasteiger partial charge in [0.2, 0.25) is 11.9 Å². The number of likely N-dealkylation sites (tertiary alicyclic amines) is 1. The molecule has 2 aromatic carbocycles. The van der Waals surface area contributed by atoms with Gasteiger partial charge in [-0.15, -0.1) is 0 Å². The van der Waals surface area contributed by atoms with Crippen LogP contribution in [0.2, 0.25) is 5.02 Å². The summed E-state index contributed by atoms with van der Waals surface area (Å²) >= 11 is 5.99. The summed E-state index contributed by atoms with van der Waals surface area (Å²) in [4.78, 5) is 18.8. The second-order valence-corrected chi connectivity index (χ2v) is 7.70. The Labute approximate surface area is 192 Å². The molecule has 1 aliphatic rings. The third-order valence-corrected chi connectivity index (χ3v) is 5.43. The van der Waals surface area contributed by atoms with Crippen molar-refractivity contribution in [1.29, 1.82) is 10.7 Å². The van der Waals surface area contributed by atoms with E-state index in [1.165, 1.54) is 0 Å². The summed E-state index contributed by atoms with van der Waals surface area (Å²) in [6.07, 6.45) is 4.06. The summed E-state index contributed by atoms with van der Waals surface area (Å²) in [7, 11) is 1.59. The maximum atomic E-state index is 12.6. The molecule has 1 amide bonds. The van der Waals surface area contributed by atoms with Gasteiger partial charge in [-0.05, 0) is 54.8 Å². The lowest BCUT2D eigenvalue weighted by Gasteiger charge is -2.34. The fourth-order valence-electron chi connectivity index (χ4n) is 3.48. The number of ether oxygens (including phenoxy) is 1. The highest BCUT2D eigenvalue weighted by Crippen LogP contribution is 2.19. The third-order valence-electron chi connectivity index (χ3n) is 5.17. The van der Waals surface area contributed by atoms with E-state index in [1.807, 2.05) is 6.19 Å². The molecule has 1 fully saturated rings. The molecule has 1 heterocycles. The van der Waals surface area contributed by atoms with Crippen LogP contribution < -0.4 is 15.4 Å². The highest BCUT2D eigenvalue weighted by atomic mass is 35.5. The molecule has 0 radical (unpaired) electrons. The number of anilines is 1. The van der Waals surface area contributed by atoms with Gasteiger partial charge in [0.05, 0.1) is 25.4 Å². The number of halogens is 1. The molecule has 3 N–H and O–H groups in total. The van der Waals surface area contributed by atoms with E-state index in [2.05, 4.69) is 15.6 Å². The van der Waals surface area contributed by atoms with Gasteiger partial charge in [-0.3, -0.25) is 10.1 Å². The number of nitrogens with one attached hydrogen (secondary N) is 3. The minimum Gasteiger partial charge on any atom is -0.497 e. The van der Waals surface area contributed by atoms with Crippen molar-refractivity contribution in [2.75, 3.05) is 25.5 Å². The second kappa shape index (κ2) is 11.2. The van der Waals surface area contributed by atoms with Crippen LogP contribution in [0.5, 0.6) is 5.75 Å². The molecule has 8 nitrogen and oxygen atoms in total. The van der Waals surface area contributed by atoms with Gasteiger partial charge in [-0.1, -0.05) is 23.7 Å². The van der Waals surface area contributed by atoms with E-state index in [1.54, 1.807) is 60.5 Å². The molecule has 9 heteroatoms. The molecule has 166 valence electrons. The van der Waals surface area contributed by atoms with E-state index in [4.69, 9.17) is 27.0 Å². The lowest BCUT2D eigenvalue weighted by atomic mass is 9.99. The van der Waals surface area contributed by atoms with Crippen molar-refractivity contribution in [2.24, 2.45) is 4.99 Å². The molecule has 2 aromatic rings. The SMILES string of the molecule is COc1ccc(NC(=NCC(C(=N)c2ccc(Cl)cc2)N2CCCCC2=O)NC#N)cc1. The molecule has 1 saturated heterocycles. The maximum absolute atomic E-state index is 12.6. The number of benzene rings is 2. The molecule has 1 unspecified atom stereocenters. The Morgan fingerprint density at radius 1 is 1.25 bits per heavy atom. The minimum absolute atomic E-state index is 0.00747. The number of amides is 1. The quantitative estimate of drug-likeness (QED) is 0.257. The van der Waals surface area contributed by atoms with Gasteiger partial charge in [0.1, 0.15) is 5.75 Å². The number of carbonyl (C=O) groups is 1. The first kappa shape index (κ1) is 23.1. The number of methoxy groups -OCH3 is 1. The number of aliphatic imine (C=N–C) groups is 1. The average molecular weight is 453 g/mol. The predicted octanol–water partition coefficient (Wildman–Crippen LogP) is 3.64. The highest BCUT2D eigenvalue weighted by Gasteiger charge is 2.29. The number of nitrogens with zero attached hydrogens (tertiary/aromatic N) is 3. The summed E-state index contributed by atoms with van der Waals surface area (Å²) in [6.45, 7) is 0.697. The number of hydrogen-bond acceptors (Lipinski definition) is 5. The van der Waals surface area contributed by atoms with Crippen molar-refractivity contribution in [3.63, 3.8) is 0 Å². The zero-order valence-corrected chi connectivity index (χ0v) is 18.5. The summed E-state index contributed by atoms with van der Waals surface area (Å²) in [6, 6.07) is 13.6. The summed E-state index contributed by atoms with van der Waals surface area (Å²) in [5.74, 6) is 0.950. The Morgan fingerprint density at radius 2 is 1.97 bits per heavy atom. The van der Waals surface area contributed by atoms with Gasteiger partial charge in [-0.2, -0.15) is 5.26 Å². The van der Waals surface area contributed by atoms with Crippen LogP contribution in [0, 0.1) is 16.9 Å². The minimum atomic E-state index is -0.558. The van der Waals surface area contributed by atoms with Gasteiger partial charge in [0.25, 0.3) is 0 Å². The monoisotopic (exact) mass is 452 g/mol. The molecular formula is C23H25ClN6O2. The van der Waals surface area contributed by atoms with Crippen molar-refractivity contribution in [3.8, 4) is 11.9 Å². The summed E-state index contributed by atoms with van der Waals surface area (Å²) in [5.41, 5.74) is 1.66. The van der Waals surface area contributed by atoms with Crippen LogP contribution in [0.4, 0.5) is 5.69 Å². The molecule has 3 rings (SSSR count). The lowest BCUT2D eigenvalue weighted by Crippen LogP contribution is -2.49. The molecule has 0 spiro atoms. The van der Waals surface area contributed by atoms with Crippen LogP contribution >= 0.6 is 11.6 Å². The van der Waals surface area contributed by atoms with E-state index in [9.17, 15) is 4.79 Å². The van der Waals surface area contributed by atoms with Crippen molar-refractivity contribution >= 4 is 34.9 Å². The molecule has 0 bridgehead atoms. The van der Waals surface area contributed by atoms with E-state index >= 15 is 0 Å². The van der Waals surface area contributed by atoms with Crippen molar-refractivity contribution < 1.29 is 9.53 Å². The van der Waals surface area contributed by atoms with Crippen LogP contribution in [0.3, 0.4) is 0 Å². The number of piperidine rings is 1. The van der Waals surface area contributed by atoms with Gasteiger partial charge in [-0.25, -0.2) is 4.99 Å². The topological polar surface area (TPSA) is 114 Å². The van der Waals surface area contributed by atoms with Crippen LogP contribution in [-0.4, -0.2) is 48.7 Å². The van der Waals surface area contributed by atoms with Crippen LogP contribution in [0.1, 0.15) is 24.8 Å². The average Bonchev–Trinajstić information content (AvgIpc) is 2.81. The van der Waals surface area contributed by atoms with Crippen molar-refractivity contribution in [1.82, 2.24) is 10.2 Å². The van der Waals surface area contributed by atoms with E-state index in [-0.39, 0.29) is 24.1 Å². The Hall–Kier alpha value is -3.57. The zero-order chi connectivity index (χ0) is 22.9. The lowest BCUT2D eigenvalue weighted by molar-refractivity contribution is -0.134. The predicted molar refractivity (Wildman–Crippen MR) is 125 cm³/mol. The summed E-state index contributed by atoms with van der Waals surface area (Å²) < 4.78 is 5.16. The molecule has 0 saturated carbocycles. The zero-order valence-electron chi connectivity index (χ0n) is 17.8. The van der Waals surface area contributed by atoms with Gasteiger partial charge < -0.3 is 20.4 Å². The van der Waals surface area contributed by atoms with Crippen LogP contribution in [-0.2, 0) is 4.79 Å². The molecule has 32 heavy (non-hydrogen) atoms. The number of carbonyl (C=O) groups excluding carboxylic acids is 1. The maximum Gasteiger partial charge on any atom is 0.223 e. The number of guanidine groups is 1. The van der Waals surface area contributed by atoms with Gasteiger partial charge >= 0.3 is 0 Å². The Bertz CT molecular complexity index is 1010. The van der Waals surface area contributed by atoms with E-state index in [0.29, 0.717) is 35.0 Å². The van der Waals surface area contributed by atoms with Crippen LogP contribution in [0.25, 0.3) is 0 Å². The summed E-state index contributed by atoms with van der Waals surface area (Å²) in [5, 5.41) is 24.1. The van der Waals surface area contributed by atoms with Crippen molar-refractivity contribution in [3.05, 3.63) is 59.1 Å². The highest BCUT2D eigenvalue weighted by molar-refractivity contribution is 6.30. The van der Waals surface area contributed by atoms with E-state index in [0.717, 1.165) is 12.8 Å².